The second kappa shape index (κ2) is 5.53. The van der Waals surface area contributed by atoms with Crippen molar-refractivity contribution < 1.29 is 0 Å². The number of hydrogen-bond donors (Lipinski definition) is 1. The molecule has 0 bridgehead atoms. The van der Waals surface area contributed by atoms with Crippen LogP contribution in [0.5, 0.6) is 0 Å². The molecule has 1 aliphatic carbocycles. The maximum Gasteiger partial charge on any atom is 0.205 e. The van der Waals surface area contributed by atoms with Gasteiger partial charge in [0.1, 0.15) is 5.82 Å². The molecule has 18 heavy (non-hydrogen) atoms. The minimum atomic E-state index is 0.126. The summed E-state index contributed by atoms with van der Waals surface area (Å²) in [7, 11) is 0. The van der Waals surface area contributed by atoms with Crippen LogP contribution in [0.1, 0.15) is 51.8 Å². The molecule has 0 unspecified atom stereocenters. The molecule has 5 heteroatoms. The Morgan fingerprint density at radius 2 is 2.17 bits per heavy atom. The Balaban J connectivity index is 2.07. The van der Waals surface area contributed by atoms with E-state index in [9.17, 15) is 0 Å². The molecule has 1 aromatic rings. The first-order valence-electron chi connectivity index (χ1n) is 6.84. The Kier molecular flexibility index (Phi) is 4.22. The average Bonchev–Trinajstić information content (AvgIpc) is 3.07. The van der Waals surface area contributed by atoms with E-state index in [1.807, 2.05) is 0 Å². The van der Waals surface area contributed by atoms with Crippen molar-refractivity contribution in [3.05, 3.63) is 5.82 Å². The molecule has 0 spiro atoms. The lowest BCUT2D eigenvalue weighted by atomic mass is 9.93. The van der Waals surface area contributed by atoms with E-state index in [0.29, 0.717) is 12.5 Å². The number of rotatable bonds is 7. The summed E-state index contributed by atoms with van der Waals surface area (Å²) >= 11 is 1.54. The van der Waals surface area contributed by atoms with Crippen molar-refractivity contribution in [2.24, 2.45) is 11.1 Å². The predicted octanol–water partition coefficient (Wildman–Crippen LogP) is 2.62. The molecule has 0 atom stereocenters. The molecule has 0 radical (unpaired) electrons. The molecule has 4 nitrogen and oxygen atoms in total. The van der Waals surface area contributed by atoms with Crippen LogP contribution in [-0.4, -0.2) is 29.0 Å². The van der Waals surface area contributed by atoms with Gasteiger partial charge in [0.2, 0.25) is 5.13 Å². The monoisotopic (exact) mass is 268 g/mol. The van der Waals surface area contributed by atoms with Gasteiger partial charge in [0.25, 0.3) is 0 Å². The first-order valence-corrected chi connectivity index (χ1v) is 7.61. The van der Waals surface area contributed by atoms with Crippen molar-refractivity contribution in [1.29, 1.82) is 0 Å². The molecule has 1 aliphatic rings. The summed E-state index contributed by atoms with van der Waals surface area (Å²) in [4.78, 5) is 7.05. The summed E-state index contributed by atoms with van der Waals surface area (Å²) in [5, 5.41) is 1.07. The fourth-order valence-corrected chi connectivity index (χ4v) is 2.73. The zero-order chi connectivity index (χ0) is 13.2. The number of aromatic nitrogens is 2. The lowest BCUT2D eigenvalue weighted by molar-refractivity contribution is 0.377. The molecular formula is C13H24N4S. The second-order valence-corrected chi connectivity index (χ2v) is 6.73. The number of anilines is 1. The van der Waals surface area contributed by atoms with Crippen molar-refractivity contribution in [2.75, 3.05) is 24.5 Å². The van der Waals surface area contributed by atoms with E-state index in [2.05, 4.69) is 30.0 Å². The summed E-state index contributed by atoms with van der Waals surface area (Å²) in [6, 6.07) is 0. The zero-order valence-corrected chi connectivity index (χ0v) is 12.5. The van der Waals surface area contributed by atoms with Gasteiger partial charge < -0.3 is 10.6 Å². The number of hydrogen-bond acceptors (Lipinski definition) is 5. The van der Waals surface area contributed by atoms with Gasteiger partial charge in [0, 0.05) is 30.5 Å². The standard InChI is InChI=1S/C13H24N4S/c1-4-7-17(9-13(2,3)8-14)12-15-11(16-18-12)10-5-6-10/h10H,4-9,14H2,1-3H3. The average molecular weight is 268 g/mol. The lowest BCUT2D eigenvalue weighted by Gasteiger charge is -2.31. The third kappa shape index (κ3) is 3.42. The van der Waals surface area contributed by atoms with Crippen LogP contribution in [0.15, 0.2) is 0 Å². The van der Waals surface area contributed by atoms with Crippen LogP contribution in [0.25, 0.3) is 0 Å². The minimum absolute atomic E-state index is 0.126. The normalized spacial score (nSPS) is 16.0. The van der Waals surface area contributed by atoms with E-state index < -0.39 is 0 Å². The molecular weight excluding hydrogens is 244 g/mol. The highest BCUT2D eigenvalue weighted by Crippen LogP contribution is 2.39. The molecule has 1 aromatic heterocycles. The Morgan fingerprint density at radius 1 is 1.44 bits per heavy atom. The van der Waals surface area contributed by atoms with Gasteiger partial charge in [-0.1, -0.05) is 20.8 Å². The fraction of sp³-hybridized carbons (Fsp3) is 0.846. The predicted molar refractivity (Wildman–Crippen MR) is 77.2 cm³/mol. The molecule has 1 saturated carbocycles. The SMILES string of the molecule is CCCN(CC(C)(C)CN)c1nc(C2CC2)ns1. The van der Waals surface area contributed by atoms with Crippen LogP contribution in [-0.2, 0) is 0 Å². The topological polar surface area (TPSA) is 55.0 Å². The maximum absolute atomic E-state index is 5.83. The molecule has 0 aromatic carbocycles. The number of nitrogens with zero attached hydrogens (tertiary/aromatic N) is 3. The van der Waals surface area contributed by atoms with Gasteiger partial charge in [0.05, 0.1) is 0 Å². The summed E-state index contributed by atoms with van der Waals surface area (Å²) in [6.07, 6.45) is 3.65. The highest BCUT2D eigenvalue weighted by Gasteiger charge is 2.29. The molecule has 102 valence electrons. The van der Waals surface area contributed by atoms with Crippen LogP contribution in [0.2, 0.25) is 0 Å². The van der Waals surface area contributed by atoms with Gasteiger partial charge in [0.15, 0.2) is 0 Å². The Labute approximate surface area is 114 Å². The van der Waals surface area contributed by atoms with E-state index in [-0.39, 0.29) is 5.41 Å². The maximum atomic E-state index is 5.83. The summed E-state index contributed by atoms with van der Waals surface area (Å²) in [5.74, 6) is 1.70. The van der Waals surface area contributed by atoms with Gasteiger partial charge in [-0.15, -0.1) is 0 Å². The second-order valence-electron chi connectivity index (χ2n) is 6.00. The van der Waals surface area contributed by atoms with Crippen LogP contribution in [0.4, 0.5) is 5.13 Å². The molecule has 2 rings (SSSR count). The molecule has 0 amide bonds. The third-order valence-corrected chi connectivity index (χ3v) is 4.10. The van der Waals surface area contributed by atoms with E-state index in [1.54, 1.807) is 11.5 Å². The van der Waals surface area contributed by atoms with Crippen LogP contribution < -0.4 is 10.6 Å². The van der Waals surface area contributed by atoms with Crippen molar-refractivity contribution in [1.82, 2.24) is 9.36 Å². The third-order valence-electron chi connectivity index (χ3n) is 3.31. The van der Waals surface area contributed by atoms with Gasteiger partial charge in [-0.3, -0.25) is 0 Å². The molecule has 0 saturated heterocycles. The molecule has 1 fully saturated rings. The smallest absolute Gasteiger partial charge is 0.205 e. The first kappa shape index (κ1) is 13.7. The molecule has 2 N–H and O–H groups in total. The van der Waals surface area contributed by atoms with Gasteiger partial charge >= 0.3 is 0 Å². The van der Waals surface area contributed by atoms with E-state index >= 15 is 0 Å². The van der Waals surface area contributed by atoms with Crippen LogP contribution in [0.3, 0.4) is 0 Å². The van der Waals surface area contributed by atoms with Crippen molar-refractivity contribution in [3.8, 4) is 0 Å². The zero-order valence-electron chi connectivity index (χ0n) is 11.6. The Morgan fingerprint density at radius 3 is 2.72 bits per heavy atom. The first-order chi connectivity index (χ1) is 8.55. The number of nitrogens with two attached hydrogens (primary N) is 1. The van der Waals surface area contributed by atoms with E-state index in [1.165, 1.54) is 12.8 Å². The highest BCUT2D eigenvalue weighted by molar-refractivity contribution is 7.09. The quantitative estimate of drug-likeness (QED) is 0.826. The minimum Gasteiger partial charge on any atom is -0.346 e. The molecule has 1 heterocycles. The van der Waals surface area contributed by atoms with Crippen LogP contribution in [0, 0.1) is 5.41 Å². The summed E-state index contributed by atoms with van der Waals surface area (Å²) < 4.78 is 4.49. The van der Waals surface area contributed by atoms with Crippen LogP contribution >= 0.6 is 11.5 Å². The highest BCUT2D eigenvalue weighted by atomic mass is 32.1. The van der Waals surface area contributed by atoms with Gasteiger partial charge in [-0.25, -0.2) is 4.98 Å². The van der Waals surface area contributed by atoms with Gasteiger partial charge in [-0.2, -0.15) is 4.37 Å². The lowest BCUT2D eigenvalue weighted by Crippen LogP contribution is -2.39. The van der Waals surface area contributed by atoms with E-state index in [4.69, 9.17) is 10.7 Å². The fourth-order valence-electron chi connectivity index (χ4n) is 1.96. The van der Waals surface area contributed by atoms with E-state index in [0.717, 1.165) is 30.5 Å². The van der Waals surface area contributed by atoms with Crippen molar-refractivity contribution >= 4 is 16.7 Å². The molecule has 0 aliphatic heterocycles. The van der Waals surface area contributed by atoms with Crippen molar-refractivity contribution in [3.63, 3.8) is 0 Å². The Hall–Kier alpha value is -0.680. The largest absolute Gasteiger partial charge is 0.346 e. The van der Waals surface area contributed by atoms with Gasteiger partial charge in [-0.05, 0) is 31.2 Å². The van der Waals surface area contributed by atoms with Crippen molar-refractivity contribution in [2.45, 2.75) is 46.0 Å². The summed E-state index contributed by atoms with van der Waals surface area (Å²) in [5.41, 5.74) is 5.96. The Bertz CT molecular complexity index is 384. The summed E-state index contributed by atoms with van der Waals surface area (Å²) in [6.45, 7) is 9.29.